The van der Waals surface area contributed by atoms with Gasteiger partial charge in [0.2, 0.25) is 5.12 Å². The largest absolute Gasteiger partial charge is 0.346 e. The van der Waals surface area contributed by atoms with Crippen molar-refractivity contribution in [1.29, 1.82) is 0 Å². The number of carbonyl (C=O) groups excluding carboxylic acids is 1. The lowest BCUT2D eigenvalue weighted by Gasteiger charge is -1.94. The van der Waals surface area contributed by atoms with Crippen LogP contribution in [0.2, 0.25) is 0 Å². The van der Waals surface area contributed by atoms with Crippen LogP contribution < -0.4 is 0 Å². The number of aromatic amines is 1. The quantitative estimate of drug-likeness (QED) is 0.652. The SMILES string of the molecule is O=C(S)c1ccnc2[nH]ccc12. The van der Waals surface area contributed by atoms with Gasteiger partial charge in [0, 0.05) is 23.3 Å². The van der Waals surface area contributed by atoms with E-state index in [0.29, 0.717) is 5.56 Å². The lowest BCUT2D eigenvalue weighted by molar-refractivity contribution is 0.109. The van der Waals surface area contributed by atoms with Gasteiger partial charge in [0.05, 0.1) is 0 Å². The fourth-order valence-electron chi connectivity index (χ4n) is 1.15. The topological polar surface area (TPSA) is 45.8 Å². The number of hydrogen-bond donors (Lipinski definition) is 2. The lowest BCUT2D eigenvalue weighted by Crippen LogP contribution is -1.90. The molecule has 0 aliphatic heterocycles. The molecule has 1 N–H and O–H groups in total. The maximum Gasteiger partial charge on any atom is 0.217 e. The molecule has 0 aliphatic carbocycles. The molecule has 2 aromatic rings. The average Bonchev–Trinajstić information content (AvgIpc) is 2.49. The Morgan fingerprint density at radius 3 is 3.08 bits per heavy atom. The summed E-state index contributed by atoms with van der Waals surface area (Å²) in [5, 5.41) is 0.583. The first kappa shape index (κ1) is 7.36. The predicted octanol–water partition coefficient (Wildman–Crippen LogP) is 1.63. The molecule has 12 heavy (non-hydrogen) atoms. The number of H-pyrrole nitrogens is 1. The van der Waals surface area contributed by atoms with Crippen LogP contribution in [0.3, 0.4) is 0 Å². The molecule has 2 rings (SSSR count). The Hall–Kier alpha value is -1.29. The second kappa shape index (κ2) is 2.64. The first-order valence-corrected chi connectivity index (χ1v) is 3.89. The number of fused-ring (bicyclic) bond motifs is 1. The number of carbonyl (C=O) groups is 1. The van der Waals surface area contributed by atoms with Gasteiger partial charge < -0.3 is 4.98 Å². The van der Waals surface area contributed by atoms with Crippen LogP contribution in [-0.2, 0) is 0 Å². The van der Waals surface area contributed by atoms with Crippen molar-refractivity contribution in [3.05, 3.63) is 30.1 Å². The summed E-state index contributed by atoms with van der Waals surface area (Å²) in [6, 6.07) is 3.47. The molecular weight excluding hydrogens is 172 g/mol. The summed E-state index contributed by atoms with van der Waals surface area (Å²) < 4.78 is 0. The minimum Gasteiger partial charge on any atom is -0.346 e. The van der Waals surface area contributed by atoms with Crippen LogP contribution >= 0.6 is 12.6 Å². The first-order valence-electron chi connectivity index (χ1n) is 3.44. The Kier molecular flexibility index (Phi) is 1.62. The highest BCUT2D eigenvalue weighted by atomic mass is 32.1. The maximum atomic E-state index is 11.0. The Labute approximate surface area is 74.2 Å². The summed E-state index contributed by atoms with van der Waals surface area (Å²) in [6.45, 7) is 0. The minimum atomic E-state index is -0.234. The van der Waals surface area contributed by atoms with Crippen LogP contribution in [0.1, 0.15) is 10.4 Å². The number of nitrogens with zero attached hydrogens (tertiary/aromatic N) is 1. The van der Waals surface area contributed by atoms with Crippen molar-refractivity contribution in [2.24, 2.45) is 0 Å². The molecule has 0 spiro atoms. The maximum absolute atomic E-state index is 11.0. The summed E-state index contributed by atoms with van der Waals surface area (Å²) in [6.07, 6.45) is 3.33. The van der Waals surface area contributed by atoms with E-state index in [1.807, 2.05) is 6.07 Å². The molecule has 0 aliphatic rings. The monoisotopic (exact) mass is 178 g/mol. The second-order valence-corrected chi connectivity index (χ2v) is 2.81. The Morgan fingerprint density at radius 1 is 1.50 bits per heavy atom. The molecule has 0 saturated heterocycles. The third-order valence-electron chi connectivity index (χ3n) is 1.69. The number of pyridine rings is 1. The van der Waals surface area contributed by atoms with Crippen LogP contribution in [0.25, 0.3) is 11.0 Å². The summed E-state index contributed by atoms with van der Waals surface area (Å²) in [5.41, 5.74) is 1.31. The number of aromatic nitrogens is 2. The molecule has 2 heterocycles. The first-order chi connectivity index (χ1) is 5.79. The number of nitrogens with one attached hydrogen (secondary N) is 1. The van der Waals surface area contributed by atoms with E-state index in [0.717, 1.165) is 11.0 Å². The van der Waals surface area contributed by atoms with E-state index < -0.39 is 0 Å². The van der Waals surface area contributed by atoms with E-state index in [2.05, 4.69) is 22.6 Å². The van der Waals surface area contributed by atoms with Crippen molar-refractivity contribution >= 4 is 28.8 Å². The van der Waals surface area contributed by atoms with E-state index >= 15 is 0 Å². The van der Waals surface area contributed by atoms with Gasteiger partial charge in [-0.25, -0.2) is 4.98 Å². The van der Waals surface area contributed by atoms with Gasteiger partial charge >= 0.3 is 0 Å². The number of thiol groups is 1. The predicted molar refractivity (Wildman–Crippen MR) is 49.4 cm³/mol. The van der Waals surface area contributed by atoms with Gasteiger partial charge in [-0.1, -0.05) is 0 Å². The highest BCUT2D eigenvalue weighted by Crippen LogP contribution is 2.16. The van der Waals surface area contributed by atoms with Crippen LogP contribution in [0, 0.1) is 0 Å². The molecule has 0 unspecified atom stereocenters. The van der Waals surface area contributed by atoms with Gasteiger partial charge in [0.1, 0.15) is 5.65 Å². The zero-order valence-corrected chi connectivity index (χ0v) is 7.01. The number of rotatable bonds is 1. The third kappa shape index (κ3) is 1.00. The Bertz CT molecular complexity index is 435. The van der Waals surface area contributed by atoms with E-state index in [-0.39, 0.29) is 5.12 Å². The molecule has 0 saturated carbocycles. The molecule has 4 heteroatoms. The van der Waals surface area contributed by atoms with Gasteiger partial charge in [-0.3, -0.25) is 4.79 Å². The lowest BCUT2D eigenvalue weighted by atomic mass is 10.2. The molecular formula is C8H6N2OS. The Balaban J connectivity index is 2.82. The minimum absolute atomic E-state index is 0.234. The van der Waals surface area contributed by atoms with Crippen molar-refractivity contribution in [2.75, 3.05) is 0 Å². The molecule has 0 fully saturated rings. The molecule has 0 aromatic carbocycles. The van der Waals surface area contributed by atoms with E-state index in [9.17, 15) is 4.79 Å². The van der Waals surface area contributed by atoms with Gasteiger partial charge in [-0.05, 0) is 12.1 Å². The standard InChI is InChI=1S/C8H6N2OS/c11-8(12)6-2-4-10-7-5(6)1-3-9-7/h1-4H,(H,9,10)(H,11,12). The number of hydrogen-bond acceptors (Lipinski definition) is 2. The van der Waals surface area contributed by atoms with Crippen LogP contribution in [0.4, 0.5) is 0 Å². The summed E-state index contributed by atoms with van der Waals surface area (Å²) in [7, 11) is 0. The van der Waals surface area contributed by atoms with Crippen molar-refractivity contribution in [3.8, 4) is 0 Å². The van der Waals surface area contributed by atoms with Gasteiger partial charge in [0.25, 0.3) is 0 Å². The highest BCUT2D eigenvalue weighted by Gasteiger charge is 2.06. The molecule has 2 aromatic heterocycles. The van der Waals surface area contributed by atoms with Crippen molar-refractivity contribution in [2.45, 2.75) is 0 Å². The summed E-state index contributed by atoms with van der Waals surface area (Å²) >= 11 is 3.76. The molecule has 0 radical (unpaired) electrons. The van der Waals surface area contributed by atoms with Gasteiger partial charge in [-0.2, -0.15) is 0 Å². The fraction of sp³-hybridized carbons (Fsp3) is 0. The van der Waals surface area contributed by atoms with E-state index in [1.54, 1.807) is 18.5 Å². The second-order valence-electron chi connectivity index (χ2n) is 2.40. The summed E-state index contributed by atoms with van der Waals surface area (Å²) in [5.74, 6) is 0. The smallest absolute Gasteiger partial charge is 0.217 e. The van der Waals surface area contributed by atoms with Crippen molar-refractivity contribution in [3.63, 3.8) is 0 Å². The van der Waals surface area contributed by atoms with E-state index in [4.69, 9.17) is 0 Å². The average molecular weight is 178 g/mol. The van der Waals surface area contributed by atoms with Crippen LogP contribution in [-0.4, -0.2) is 15.1 Å². The van der Waals surface area contributed by atoms with E-state index in [1.165, 1.54) is 0 Å². The highest BCUT2D eigenvalue weighted by molar-refractivity contribution is 7.97. The molecule has 0 atom stereocenters. The van der Waals surface area contributed by atoms with Crippen LogP contribution in [0.5, 0.6) is 0 Å². The van der Waals surface area contributed by atoms with Crippen molar-refractivity contribution < 1.29 is 4.79 Å². The van der Waals surface area contributed by atoms with Gasteiger partial charge in [0.15, 0.2) is 0 Å². The Morgan fingerprint density at radius 2 is 2.33 bits per heavy atom. The fourth-order valence-corrected chi connectivity index (χ4v) is 1.34. The molecule has 3 nitrogen and oxygen atoms in total. The zero-order chi connectivity index (χ0) is 8.55. The van der Waals surface area contributed by atoms with Crippen molar-refractivity contribution in [1.82, 2.24) is 9.97 Å². The van der Waals surface area contributed by atoms with Gasteiger partial charge in [-0.15, -0.1) is 12.6 Å². The molecule has 0 bridgehead atoms. The molecule has 60 valence electrons. The zero-order valence-electron chi connectivity index (χ0n) is 6.11. The normalized spacial score (nSPS) is 10.4. The third-order valence-corrected chi connectivity index (χ3v) is 1.93. The molecule has 0 amide bonds. The van der Waals surface area contributed by atoms with Crippen LogP contribution in [0.15, 0.2) is 24.5 Å². The summed E-state index contributed by atoms with van der Waals surface area (Å²) in [4.78, 5) is 17.9.